The Bertz CT molecular complexity index is 644. The molecule has 0 N–H and O–H groups in total. The van der Waals surface area contributed by atoms with E-state index in [1.807, 2.05) is 25.7 Å². The standard InChI is InChI=1S/C19H28Cl2N4O2/c1-19(2,3)27-18(26)25-10-6-14(7-11-25)13-4-8-24(9-5-13)17-22-15(20)12-16(21)23-17/h12-14H,4-11H2,1-3H3. The number of aromatic nitrogens is 2. The van der Waals surface area contributed by atoms with Crippen molar-refractivity contribution in [3.63, 3.8) is 0 Å². The third-order valence-corrected chi connectivity index (χ3v) is 5.72. The molecule has 0 aliphatic carbocycles. The van der Waals surface area contributed by atoms with Gasteiger partial charge in [0, 0.05) is 32.2 Å². The number of nitrogens with zero attached hydrogens (tertiary/aromatic N) is 4. The van der Waals surface area contributed by atoms with Crippen molar-refractivity contribution in [3.8, 4) is 0 Å². The van der Waals surface area contributed by atoms with Gasteiger partial charge in [-0.25, -0.2) is 14.8 Å². The van der Waals surface area contributed by atoms with E-state index in [4.69, 9.17) is 27.9 Å². The Kier molecular flexibility index (Phi) is 6.36. The van der Waals surface area contributed by atoms with Crippen LogP contribution in [0.3, 0.4) is 0 Å². The maximum absolute atomic E-state index is 12.2. The van der Waals surface area contributed by atoms with E-state index in [1.54, 1.807) is 6.07 Å². The van der Waals surface area contributed by atoms with E-state index in [-0.39, 0.29) is 6.09 Å². The number of carbonyl (C=O) groups is 1. The number of rotatable bonds is 2. The van der Waals surface area contributed by atoms with Crippen molar-refractivity contribution in [2.75, 3.05) is 31.1 Å². The summed E-state index contributed by atoms with van der Waals surface area (Å²) in [6.45, 7) is 9.10. The number of likely N-dealkylation sites (tertiary alicyclic amines) is 1. The molecule has 0 unspecified atom stereocenters. The second kappa shape index (κ2) is 8.39. The van der Waals surface area contributed by atoms with Gasteiger partial charge in [0.05, 0.1) is 0 Å². The average Bonchev–Trinajstić information content (AvgIpc) is 2.60. The van der Waals surface area contributed by atoms with Crippen LogP contribution in [0.1, 0.15) is 46.5 Å². The van der Waals surface area contributed by atoms with Gasteiger partial charge in [-0.3, -0.25) is 0 Å². The highest BCUT2D eigenvalue weighted by Crippen LogP contribution is 2.34. The van der Waals surface area contributed by atoms with E-state index in [0.29, 0.717) is 28.1 Å². The molecule has 0 spiro atoms. The van der Waals surface area contributed by atoms with Crippen LogP contribution in [0.25, 0.3) is 0 Å². The van der Waals surface area contributed by atoms with Crippen LogP contribution >= 0.6 is 23.2 Å². The van der Waals surface area contributed by atoms with Crippen molar-refractivity contribution in [2.45, 2.75) is 52.1 Å². The lowest BCUT2D eigenvalue weighted by molar-refractivity contribution is 0.0152. The van der Waals surface area contributed by atoms with Crippen LogP contribution in [0, 0.1) is 11.8 Å². The number of hydrogen-bond donors (Lipinski definition) is 0. The lowest BCUT2D eigenvalue weighted by Crippen LogP contribution is -2.44. The fraction of sp³-hybridized carbons (Fsp3) is 0.737. The second-order valence-corrected chi connectivity index (χ2v) is 9.22. The van der Waals surface area contributed by atoms with Gasteiger partial charge in [0.15, 0.2) is 0 Å². The van der Waals surface area contributed by atoms with Crippen LogP contribution < -0.4 is 4.90 Å². The van der Waals surface area contributed by atoms with Crippen LogP contribution in [0.15, 0.2) is 6.07 Å². The van der Waals surface area contributed by atoms with Crippen LogP contribution in [-0.2, 0) is 4.74 Å². The first-order valence-corrected chi connectivity index (χ1v) is 10.4. The van der Waals surface area contributed by atoms with E-state index < -0.39 is 5.60 Å². The Labute approximate surface area is 171 Å². The van der Waals surface area contributed by atoms with Crippen molar-refractivity contribution in [2.24, 2.45) is 11.8 Å². The normalized spacial score (nSPS) is 20.0. The number of carbonyl (C=O) groups excluding carboxylic acids is 1. The minimum Gasteiger partial charge on any atom is -0.444 e. The summed E-state index contributed by atoms with van der Waals surface area (Å²) < 4.78 is 5.49. The molecular weight excluding hydrogens is 387 g/mol. The molecule has 1 aromatic heterocycles. The van der Waals surface area contributed by atoms with Crippen LogP contribution in [0.2, 0.25) is 10.3 Å². The number of hydrogen-bond acceptors (Lipinski definition) is 5. The van der Waals surface area contributed by atoms with Crippen molar-refractivity contribution < 1.29 is 9.53 Å². The zero-order valence-electron chi connectivity index (χ0n) is 16.3. The summed E-state index contributed by atoms with van der Waals surface area (Å²) in [4.78, 5) is 24.8. The molecule has 3 heterocycles. The third kappa shape index (κ3) is 5.61. The number of piperidine rings is 2. The summed E-state index contributed by atoms with van der Waals surface area (Å²) in [6.07, 6.45) is 4.10. The summed E-state index contributed by atoms with van der Waals surface area (Å²) in [7, 11) is 0. The first-order chi connectivity index (χ1) is 12.7. The van der Waals surface area contributed by atoms with Gasteiger partial charge in [-0.15, -0.1) is 0 Å². The first-order valence-electron chi connectivity index (χ1n) is 9.64. The number of halogens is 2. The SMILES string of the molecule is CC(C)(C)OC(=O)N1CCC(C2CCN(c3nc(Cl)cc(Cl)n3)CC2)CC1. The molecule has 0 saturated carbocycles. The Morgan fingerprint density at radius 3 is 1.96 bits per heavy atom. The van der Waals surface area contributed by atoms with Gasteiger partial charge >= 0.3 is 6.09 Å². The van der Waals surface area contributed by atoms with E-state index in [2.05, 4.69) is 14.9 Å². The largest absolute Gasteiger partial charge is 0.444 e. The molecule has 2 fully saturated rings. The van der Waals surface area contributed by atoms with E-state index in [9.17, 15) is 4.79 Å². The Balaban J connectivity index is 1.48. The monoisotopic (exact) mass is 414 g/mol. The minimum atomic E-state index is -0.438. The Hall–Kier alpha value is -1.27. The number of anilines is 1. The van der Waals surface area contributed by atoms with E-state index >= 15 is 0 Å². The van der Waals surface area contributed by atoms with Crippen LogP contribution in [0.5, 0.6) is 0 Å². The first kappa shape index (κ1) is 20.5. The topological polar surface area (TPSA) is 58.6 Å². The van der Waals surface area contributed by atoms with Gasteiger partial charge in [0.1, 0.15) is 15.9 Å². The summed E-state index contributed by atoms with van der Waals surface area (Å²) in [5.41, 5.74) is -0.438. The summed E-state index contributed by atoms with van der Waals surface area (Å²) in [6, 6.07) is 1.55. The quantitative estimate of drug-likeness (QED) is 0.659. The molecule has 27 heavy (non-hydrogen) atoms. The Morgan fingerprint density at radius 1 is 1.00 bits per heavy atom. The lowest BCUT2D eigenvalue weighted by atomic mass is 9.79. The third-order valence-electron chi connectivity index (χ3n) is 5.33. The molecule has 0 bridgehead atoms. The predicted octanol–water partition coefficient (Wildman–Crippen LogP) is 4.65. The number of amides is 1. The zero-order valence-corrected chi connectivity index (χ0v) is 17.8. The highest BCUT2D eigenvalue weighted by Gasteiger charge is 2.32. The van der Waals surface area contributed by atoms with Crippen molar-refractivity contribution in [1.82, 2.24) is 14.9 Å². The van der Waals surface area contributed by atoms with Crippen LogP contribution in [-0.4, -0.2) is 52.7 Å². The predicted molar refractivity (Wildman–Crippen MR) is 108 cm³/mol. The van der Waals surface area contributed by atoms with Gasteiger partial charge in [-0.05, 0) is 58.3 Å². The van der Waals surface area contributed by atoms with Crippen molar-refractivity contribution in [1.29, 1.82) is 0 Å². The van der Waals surface area contributed by atoms with Gasteiger partial charge < -0.3 is 14.5 Å². The molecule has 0 atom stereocenters. The molecule has 0 radical (unpaired) electrons. The molecule has 1 aromatic rings. The molecule has 1 amide bonds. The molecule has 3 rings (SSSR count). The molecule has 8 heteroatoms. The maximum Gasteiger partial charge on any atom is 0.410 e. The van der Waals surface area contributed by atoms with E-state index in [0.717, 1.165) is 51.9 Å². The van der Waals surface area contributed by atoms with Crippen LogP contribution in [0.4, 0.5) is 10.7 Å². The molecule has 2 saturated heterocycles. The van der Waals surface area contributed by atoms with Crippen molar-refractivity contribution >= 4 is 35.2 Å². The zero-order chi connectivity index (χ0) is 19.6. The lowest BCUT2D eigenvalue weighted by Gasteiger charge is -2.40. The van der Waals surface area contributed by atoms with Gasteiger partial charge in [-0.1, -0.05) is 23.2 Å². The Morgan fingerprint density at radius 2 is 1.48 bits per heavy atom. The summed E-state index contributed by atoms with van der Waals surface area (Å²) >= 11 is 12.0. The highest BCUT2D eigenvalue weighted by molar-refractivity contribution is 6.33. The van der Waals surface area contributed by atoms with E-state index in [1.165, 1.54) is 0 Å². The summed E-state index contributed by atoms with van der Waals surface area (Å²) in [5, 5.41) is 0.753. The smallest absolute Gasteiger partial charge is 0.410 e. The minimum absolute atomic E-state index is 0.189. The van der Waals surface area contributed by atoms with Crippen molar-refractivity contribution in [3.05, 3.63) is 16.4 Å². The van der Waals surface area contributed by atoms with Gasteiger partial charge in [0.2, 0.25) is 5.95 Å². The molecule has 6 nitrogen and oxygen atoms in total. The highest BCUT2D eigenvalue weighted by atomic mass is 35.5. The van der Waals surface area contributed by atoms with Gasteiger partial charge in [0.25, 0.3) is 0 Å². The molecular formula is C19H28Cl2N4O2. The second-order valence-electron chi connectivity index (χ2n) is 8.44. The molecule has 150 valence electrons. The maximum atomic E-state index is 12.2. The average molecular weight is 415 g/mol. The molecule has 2 aliphatic heterocycles. The number of ether oxygens (including phenoxy) is 1. The molecule has 0 aromatic carbocycles. The van der Waals surface area contributed by atoms with Gasteiger partial charge in [-0.2, -0.15) is 0 Å². The molecule has 2 aliphatic rings. The fourth-order valence-electron chi connectivity index (χ4n) is 3.97. The fourth-order valence-corrected chi connectivity index (χ4v) is 4.38. The summed E-state index contributed by atoms with van der Waals surface area (Å²) in [5.74, 6) is 1.96.